The van der Waals surface area contributed by atoms with Gasteiger partial charge in [-0.15, -0.1) is 0 Å². The molecule has 0 aliphatic heterocycles. The summed E-state index contributed by atoms with van der Waals surface area (Å²) in [4.78, 5) is 4.21. The Kier molecular flexibility index (Phi) is 4.30. The summed E-state index contributed by atoms with van der Waals surface area (Å²) in [7, 11) is 1.63. The lowest BCUT2D eigenvalue weighted by atomic mass is 10.2. The van der Waals surface area contributed by atoms with E-state index in [1.165, 1.54) is 0 Å². The molecule has 0 aliphatic carbocycles. The molecular formula is C17H14ClNO3. The maximum atomic E-state index is 5.87. The molecule has 22 heavy (non-hydrogen) atoms. The van der Waals surface area contributed by atoms with Crippen molar-refractivity contribution in [1.29, 1.82) is 0 Å². The van der Waals surface area contributed by atoms with Crippen LogP contribution in [0, 0.1) is 0 Å². The molecule has 0 spiro atoms. The van der Waals surface area contributed by atoms with Crippen LogP contribution in [0.4, 0.5) is 0 Å². The molecule has 0 atom stereocenters. The van der Waals surface area contributed by atoms with Crippen LogP contribution in [0.5, 0.6) is 11.5 Å². The molecule has 0 saturated heterocycles. The first kappa shape index (κ1) is 14.5. The molecule has 0 aliphatic rings. The molecule has 0 bridgehead atoms. The number of rotatable bonds is 5. The van der Waals surface area contributed by atoms with Crippen molar-refractivity contribution in [3.8, 4) is 22.8 Å². The van der Waals surface area contributed by atoms with Crippen LogP contribution in [0.1, 0.15) is 5.89 Å². The van der Waals surface area contributed by atoms with Gasteiger partial charge >= 0.3 is 0 Å². The van der Waals surface area contributed by atoms with Gasteiger partial charge in [-0.2, -0.15) is 0 Å². The van der Waals surface area contributed by atoms with Crippen molar-refractivity contribution < 1.29 is 13.9 Å². The van der Waals surface area contributed by atoms with Crippen molar-refractivity contribution in [1.82, 2.24) is 4.98 Å². The van der Waals surface area contributed by atoms with Gasteiger partial charge in [0.05, 0.1) is 13.3 Å². The molecule has 0 amide bonds. The van der Waals surface area contributed by atoms with Gasteiger partial charge in [-0.3, -0.25) is 0 Å². The van der Waals surface area contributed by atoms with E-state index < -0.39 is 0 Å². The predicted molar refractivity (Wildman–Crippen MR) is 84.3 cm³/mol. The highest BCUT2D eigenvalue weighted by molar-refractivity contribution is 6.30. The van der Waals surface area contributed by atoms with Crippen LogP contribution >= 0.6 is 11.6 Å². The number of ether oxygens (including phenoxy) is 2. The molecule has 112 valence electrons. The first-order valence-electron chi connectivity index (χ1n) is 6.72. The maximum absolute atomic E-state index is 5.87. The first-order chi connectivity index (χ1) is 10.7. The summed E-state index contributed by atoms with van der Waals surface area (Å²) in [6.07, 6.45) is 1.68. The van der Waals surface area contributed by atoms with E-state index in [0.29, 0.717) is 16.7 Å². The second kappa shape index (κ2) is 6.54. The SMILES string of the molecule is COc1ccc(OCc2ncc(-c3ccc(Cl)cc3)o2)cc1. The van der Waals surface area contributed by atoms with Crippen LogP contribution in [-0.4, -0.2) is 12.1 Å². The molecule has 0 N–H and O–H groups in total. The number of aromatic nitrogens is 1. The minimum atomic E-state index is 0.264. The number of oxazole rings is 1. The maximum Gasteiger partial charge on any atom is 0.232 e. The summed E-state index contributed by atoms with van der Waals surface area (Å²) < 4.78 is 16.4. The molecule has 3 aromatic rings. The summed E-state index contributed by atoms with van der Waals surface area (Å²) in [5.74, 6) is 2.71. The summed E-state index contributed by atoms with van der Waals surface area (Å²) in [6, 6.07) is 14.7. The van der Waals surface area contributed by atoms with Crippen molar-refractivity contribution in [2.45, 2.75) is 6.61 Å². The lowest BCUT2D eigenvalue weighted by Gasteiger charge is -2.04. The molecule has 0 fully saturated rings. The summed E-state index contributed by atoms with van der Waals surface area (Å²) in [5, 5.41) is 0.686. The second-order valence-electron chi connectivity index (χ2n) is 4.59. The van der Waals surface area contributed by atoms with Crippen molar-refractivity contribution in [3.63, 3.8) is 0 Å². The fourth-order valence-electron chi connectivity index (χ4n) is 1.94. The molecular weight excluding hydrogens is 302 g/mol. The number of benzene rings is 2. The van der Waals surface area contributed by atoms with Crippen LogP contribution < -0.4 is 9.47 Å². The lowest BCUT2D eigenvalue weighted by molar-refractivity contribution is 0.264. The Morgan fingerprint density at radius 2 is 1.68 bits per heavy atom. The van der Waals surface area contributed by atoms with E-state index in [-0.39, 0.29) is 6.61 Å². The molecule has 1 heterocycles. The average molecular weight is 316 g/mol. The number of halogens is 1. The van der Waals surface area contributed by atoms with Gasteiger partial charge in [0.2, 0.25) is 5.89 Å². The molecule has 5 heteroatoms. The molecule has 0 unspecified atom stereocenters. The molecule has 0 radical (unpaired) electrons. The fourth-order valence-corrected chi connectivity index (χ4v) is 2.07. The smallest absolute Gasteiger partial charge is 0.232 e. The van der Waals surface area contributed by atoms with E-state index >= 15 is 0 Å². The minimum Gasteiger partial charge on any atom is -0.497 e. The van der Waals surface area contributed by atoms with Crippen molar-refractivity contribution in [2.24, 2.45) is 0 Å². The van der Waals surface area contributed by atoms with E-state index in [0.717, 1.165) is 17.1 Å². The van der Waals surface area contributed by atoms with Crippen LogP contribution in [0.25, 0.3) is 11.3 Å². The monoisotopic (exact) mass is 315 g/mol. The van der Waals surface area contributed by atoms with E-state index in [1.54, 1.807) is 13.3 Å². The summed E-state index contributed by atoms with van der Waals surface area (Å²) in [5.41, 5.74) is 0.924. The van der Waals surface area contributed by atoms with Gasteiger partial charge in [-0.1, -0.05) is 11.6 Å². The van der Waals surface area contributed by atoms with E-state index in [9.17, 15) is 0 Å². The normalized spacial score (nSPS) is 10.5. The molecule has 2 aromatic carbocycles. The standard InChI is InChI=1S/C17H14ClNO3/c1-20-14-6-8-15(9-7-14)21-11-17-19-10-16(22-17)12-2-4-13(18)5-3-12/h2-10H,11H2,1H3. The summed E-state index contributed by atoms with van der Waals surface area (Å²) >= 11 is 5.87. The third kappa shape index (κ3) is 3.40. The molecule has 1 aromatic heterocycles. The number of hydrogen-bond donors (Lipinski definition) is 0. The largest absolute Gasteiger partial charge is 0.497 e. The third-order valence-corrected chi connectivity index (χ3v) is 3.36. The number of methoxy groups -OCH3 is 1. The van der Waals surface area contributed by atoms with Crippen LogP contribution in [0.3, 0.4) is 0 Å². The Labute approximate surface area is 133 Å². The fraction of sp³-hybridized carbons (Fsp3) is 0.118. The van der Waals surface area contributed by atoms with Gasteiger partial charge in [0.25, 0.3) is 0 Å². The number of nitrogens with zero attached hydrogens (tertiary/aromatic N) is 1. The third-order valence-electron chi connectivity index (χ3n) is 3.10. The van der Waals surface area contributed by atoms with E-state index in [1.807, 2.05) is 48.5 Å². The van der Waals surface area contributed by atoms with Gasteiger partial charge in [0.15, 0.2) is 12.4 Å². The van der Waals surface area contributed by atoms with Gasteiger partial charge in [-0.25, -0.2) is 4.98 Å². The Hall–Kier alpha value is -2.46. The van der Waals surface area contributed by atoms with Gasteiger partial charge in [-0.05, 0) is 48.5 Å². The Morgan fingerprint density at radius 1 is 1.00 bits per heavy atom. The minimum absolute atomic E-state index is 0.264. The zero-order valence-corrected chi connectivity index (χ0v) is 12.7. The highest BCUT2D eigenvalue weighted by Crippen LogP contribution is 2.23. The highest BCUT2D eigenvalue weighted by Gasteiger charge is 2.07. The van der Waals surface area contributed by atoms with Gasteiger partial charge in [0.1, 0.15) is 11.5 Å². The molecule has 4 nitrogen and oxygen atoms in total. The quantitative estimate of drug-likeness (QED) is 0.691. The Morgan fingerprint density at radius 3 is 2.36 bits per heavy atom. The average Bonchev–Trinajstić information content (AvgIpc) is 3.03. The van der Waals surface area contributed by atoms with E-state index in [2.05, 4.69) is 4.98 Å². The van der Waals surface area contributed by atoms with Crippen LogP contribution in [0.2, 0.25) is 5.02 Å². The Bertz CT molecular complexity index is 735. The molecule has 3 rings (SSSR count). The van der Waals surface area contributed by atoms with Gasteiger partial charge in [0, 0.05) is 10.6 Å². The molecule has 0 saturated carbocycles. The topological polar surface area (TPSA) is 44.5 Å². The first-order valence-corrected chi connectivity index (χ1v) is 7.10. The van der Waals surface area contributed by atoms with Crippen LogP contribution in [-0.2, 0) is 6.61 Å². The predicted octanol–water partition coefficient (Wildman–Crippen LogP) is 4.58. The van der Waals surface area contributed by atoms with E-state index in [4.69, 9.17) is 25.5 Å². The van der Waals surface area contributed by atoms with Crippen molar-refractivity contribution >= 4 is 11.6 Å². The number of hydrogen-bond acceptors (Lipinski definition) is 4. The second-order valence-corrected chi connectivity index (χ2v) is 5.03. The lowest BCUT2D eigenvalue weighted by Crippen LogP contribution is -1.95. The van der Waals surface area contributed by atoms with Crippen LogP contribution in [0.15, 0.2) is 59.1 Å². The highest BCUT2D eigenvalue weighted by atomic mass is 35.5. The zero-order valence-electron chi connectivity index (χ0n) is 12.0. The van der Waals surface area contributed by atoms with Crippen molar-refractivity contribution in [2.75, 3.05) is 7.11 Å². The summed E-state index contributed by atoms with van der Waals surface area (Å²) in [6.45, 7) is 0.264. The van der Waals surface area contributed by atoms with Gasteiger partial charge < -0.3 is 13.9 Å². The zero-order chi connectivity index (χ0) is 15.4. The van der Waals surface area contributed by atoms with Crippen molar-refractivity contribution in [3.05, 3.63) is 65.6 Å². The Balaban J connectivity index is 1.65.